The quantitative estimate of drug-likeness (QED) is 0.155. The lowest BCUT2D eigenvalue weighted by atomic mass is 10.0. The van der Waals surface area contributed by atoms with Gasteiger partial charge in [-0.05, 0) is 79.2 Å². The van der Waals surface area contributed by atoms with Crippen LogP contribution in [0.4, 0.5) is 5.69 Å². The van der Waals surface area contributed by atoms with Gasteiger partial charge in [-0.3, -0.25) is 9.59 Å². The second-order valence-electron chi connectivity index (χ2n) is 8.88. The van der Waals surface area contributed by atoms with Crippen LogP contribution in [-0.2, 0) is 0 Å². The van der Waals surface area contributed by atoms with Gasteiger partial charge in [0, 0.05) is 32.2 Å². The fraction of sp³-hybridized carbons (Fsp3) is 0.0323. The molecule has 0 spiro atoms. The number of para-hydroxylation sites is 1. The number of carbonyl (C=O) groups excluding carboxylic acids is 2. The van der Waals surface area contributed by atoms with E-state index in [2.05, 4.69) is 15.8 Å². The van der Waals surface area contributed by atoms with E-state index in [1.54, 1.807) is 73.7 Å². The minimum absolute atomic E-state index is 0.266. The fourth-order valence-electron chi connectivity index (χ4n) is 4.08. The van der Waals surface area contributed by atoms with E-state index in [9.17, 15) is 9.59 Å². The molecule has 0 aliphatic rings. The second kappa shape index (κ2) is 11.9. The number of nitrogens with zero attached hydrogens (tertiary/aromatic N) is 2. The maximum absolute atomic E-state index is 13.3. The van der Waals surface area contributed by atoms with Gasteiger partial charge in [-0.1, -0.05) is 65.1 Å². The highest BCUT2D eigenvalue weighted by atomic mass is 35.5. The highest BCUT2D eigenvalue weighted by Crippen LogP contribution is 2.32. The molecule has 0 saturated heterocycles. The van der Waals surface area contributed by atoms with Crippen molar-refractivity contribution in [1.82, 2.24) is 10.4 Å². The fourth-order valence-corrected chi connectivity index (χ4v) is 4.72. The molecule has 0 radical (unpaired) electrons. The molecule has 1 heterocycles. The summed E-state index contributed by atoms with van der Waals surface area (Å²) >= 11 is 18.4. The number of hydrazone groups is 1. The Morgan fingerprint density at radius 2 is 1.50 bits per heavy atom. The molecule has 0 aliphatic carbocycles. The molecule has 198 valence electrons. The van der Waals surface area contributed by atoms with Crippen LogP contribution in [0.25, 0.3) is 22.2 Å². The van der Waals surface area contributed by atoms with Crippen molar-refractivity contribution in [3.63, 3.8) is 0 Å². The summed E-state index contributed by atoms with van der Waals surface area (Å²) in [6.07, 6.45) is 0. The van der Waals surface area contributed by atoms with E-state index in [1.807, 2.05) is 30.3 Å². The number of nitrogens with one attached hydrogen (secondary N) is 2. The van der Waals surface area contributed by atoms with Gasteiger partial charge in [0.1, 0.15) is 0 Å². The second-order valence-corrected chi connectivity index (χ2v) is 10.2. The number of hydrogen-bond acceptors (Lipinski definition) is 4. The molecule has 0 unspecified atom stereocenters. The van der Waals surface area contributed by atoms with Crippen molar-refractivity contribution in [2.75, 3.05) is 5.32 Å². The van der Waals surface area contributed by atoms with Crippen LogP contribution in [0.3, 0.4) is 0 Å². The summed E-state index contributed by atoms with van der Waals surface area (Å²) < 4.78 is 0. The molecular formula is C31H21Cl3N4O2. The molecule has 40 heavy (non-hydrogen) atoms. The van der Waals surface area contributed by atoms with Crippen molar-refractivity contribution in [3.05, 3.63) is 129 Å². The number of pyridine rings is 1. The number of halogens is 3. The number of benzene rings is 4. The monoisotopic (exact) mass is 586 g/mol. The average molecular weight is 588 g/mol. The minimum Gasteiger partial charge on any atom is -0.322 e. The van der Waals surface area contributed by atoms with Crippen LogP contribution in [0.5, 0.6) is 0 Å². The summed E-state index contributed by atoms with van der Waals surface area (Å²) in [5.74, 6) is -0.672. The molecule has 1 aromatic heterocycles. The Balaban J connectivity index is 1.38. The van der Waals surface area contributed by atoms with E-state index in [0.717, 1.165) is 5.56 Å². The maximum Gasteiger partial charge on any atom is 0.272 e. The summed E-state index contributed by atoms with van der Waals surface area (Å²) in [5.41, 5.74) is 7.22. The Kier molecular flexibility index (Phi) is 8.12. The number of aromatic nitrogens is 1. The summed E-state index contributed by atoms with van der Waals surface area (Å²) in [6, 6.07) is 28.0. The van der Waals surface area contributed by atoms with Gasteiger partial charge >= 0.3 is 0 Å². The van der Waals surface area contributed by atoms with Gasteiger partial charge in [0.25, 0.3) is 11.8 Å². The van der Waals surface area contributed by atoms with Crippen LogP contribution >= 0.6 is 34.8 Å². The van der Waals surface area contributed by atoms with Crippen LogP contribution in [-0.4, -0.2) is 22.5 Å². The van der Waals surface area contributed by atoms with E-state index in [4.69, 9.17) is 39.8 Å². The predicted octanol–water partition coefficient (Wildman–Crippen LogP) is 8.27. The molecule has 9 heteroatoms. The lowest BCUT2D eigenvalue weighted by molar-refractivity contribution is 0.0955. The van der Waals surface area contributed by atoms with Gasteiger partial charge in [0.05, 0.1) is 27.5 Å². The zero-order valence-corrected chi connectivity index (χ0v) is 23.4. The number of carbonyl (C=O) groups is 2. The number of amides is 2. The van der Waals surface area contributed by atoms with Crippen molar-refractivity contribution in [3.8, 4) is 11.3 Å². The van der Waals surface area contributed by atoms with Gasteiger partial charge in [0.2, 0.25) is 0 Å². The SMILES string of the molecule is CC(=NNC(=O)c1cc(-c2ccc(Cl)cc2Cl)nc2ccccc12)c1cccc(NC(=O)c2ccc(Cl)cc2)c1. The first kappa shape index (κ1) is 27.3. The van der Waals surface area contributed by atoms with E-state index < -0.39 is 5.91 Å². The molecule has 0 atom stereocenters. The Hall–Kier alpha value is -4.23. The third-order valence-electron chi connectivity index (χ3n) is 6.14. The Bertz CT molecular complexity index is 1790. The summed E-state index contributed by atoms with van der Waals surface area (Å²) in [4.78, 5) is 30.6. The van der Waals surface area contributed by atoms with E-state index in [1.165, 1.54) is 0 Å². The Labute approximate surface area is 245 Å². The standard InChI is InChI=1S/C31H21Cl3N4O2/c1-18(20-5-4-6-23(15-20)35-30(39)19-9-11-21(32)12-10-19)37-38-31(40)26-17-29(25-14-13-22(33)16-27(25)34)36-28-8-3-2-7-24(26)28/h2-17H,1H3,(H,35,39)(H,38,40). The van der Waals surface area contributed by atoms with Gasteiger partial charge in [-0.25, -0.2) is 10.4 Å². The zero-order valence-electron chi connectivity index (χ0n) is 21.1. The highest BCUT2D eigenvalue weighted by Gasteiger charge is 2.16. The van der Waals surface area contributed by atoms with Crippen molar-refractivity contribution < 1.29 is 9.59 Å². The highest BCUT2D eigenvalue weighted by molar-refractivity contribution is 6.36. The predicted molar refractivity (Wildman–Crippen MR) is 163 cm³/mol. The summed E-state index contributed by atoms with van der Waals surface area (Å²) in [6.45, 7) is 1.77. The lowest BCUT2D eigenvalue weighted by Gasteiger charge is -2.11. The largest absolute Gasteiger partial charge is 0.322 e. The minimum atomic E-state index is -0.406. The number of anilines is 1. The molecule has 4 aromatic carbocycles. The Morgan fingerprint density at radius 1 is 0.750 bits per heavy atom. The molecule has 0 aliphatic heterocycles. The van der Waals surface area contributed by atoms with Crippen molar-refractivity contribution in [1.29, 1.82) is 0 Å². The lowest BCUT2D eigenvalue weighted by Crippen LogP contribution is -2.20. The van der Waals surface area contributed by atoms with E-state index in [-0.39, 0.29) is 5.91 Å². The summed E-state index contributed by atoms with van der Waals surface area (Å²) in [5, 5.41) is 9.35. The Morgan fingerprint density at radius 3 is 2.27 bits per heavy atom. The van der Waals surface area contributed by atoms with Crippen LogP contribution in [0.2, 0.25) is 15.1 Å². The molecular weight excluding hydrogens is 567 g/mol. The third kappa shape index (κ3) is 6.15. The smallest absolute Gasteiger partial charge is 0.272 e. The molecule has 0 bridgehead atoms. The van der Waals surface area contributed by atoms with Crippen LogP contribution in [0.15, 0.2) is 102 Å². The molecule has 2 N–H and O–H groups in total. The van der Waals surface area contributed by atoms with E-state index >= 15 is 0 Å². The first-order valence-electron chi connectivity index (χ1n) is 12.2. The zero-order chi connectivity index (χ0) is 28.2. The molecule has 2 amide bonds. The number of rotatable bonds is 6. The first-order chi connectivity index (χ1) is 19.3. The van der Waals surface area contributed by atoms with Crippen LogP contribution in [0.1, 0.15) is 33.2 Å². The van der Waals surface area contributed by atoms with E-state index in [0.29, 0.717) is 59.8 Å². The average Bonchev–Trinajstić information content (AvgIpc) is 2.95. The van der Waals surface area contributed by atoms with Gasteiger partial charge in [-0.2, -0.15) is 5.10 Å². The van der Waals surface area contributed by atoms with Gasteiger partial charge in [0.15, 0.2) is 0 Å². The normalized spacial score (nSPS) is 11.3. The molecule has 5 rings (SSSR count). The van der Waals surface area contributed by atoms with Crippen LogP contribution in [0, 0.1) is 0 Å². The maximum atomic E-state index is 13.3. The van der Waals surface area contributed by atoms with Gasteiger partial charge in [-0.15, -0.1) is 0 Å². The topological polar surface area (TPSA) is 83.4 Å². The first-order valence-corrected chi connectivity index (χ1v) is 13.3. The summed E-state index contributed by atoms with van der Waals surface area (Å²) in [7, 11) is 0. The number of hydrogen-bond donors (Lipinski definition) is 2. The molecule has 6 nitrogen and oxygen atoms in total. The molecule has 5 aromatic rings. The van der Waals surface area contributed by atoms with Crippen molar-refractivity contribution in [2.45, 2.75) is 6.92 Å². The van der Waals surface area contributed by atoms with Crippen LogP contribution < -0.4 is 10.7 Å². The molecule has 0 saturated carbocycles. The number of fused-ring (bicyclic) bond motifs is 1. The van der Waals surface area contributed by atoms with Crippen molar-refractivity contribution >= 4 is 68.9 Å². The van der Waals surface area contributed by atoms with Gasteiger partial charge < -0.3 is 5.32 Å². The van der Waals surface area contributed by atoms with Crippen molar-refractivity contribution in [2.24, 2.45) is 5.10 Å². The molecule has 0 fully saturated rings. The third-order valence-corrected chi connectivity index (χ3v) is 6.94.